The van der Waals surface area contributed by atoms with Gasteiger partial charge < -0.3 is 10.4 Å². The highest BCUT2D eigenvalue weighted by atomic mass is 32.2. The highest BCUT2D eigenvalue weighted by Crippen LogP contribution is 2.48. The van der Waals surface area contributed by atoms with Crippen LogP contribution in [0, 0.1) is 11.8 Å². The Labute approximate surface area is 233 Å². The second-order valence-corrected chi connectivity index (χ2v) is 11.2. The lowest BCUT2D eigenvalue weighted by atomic mass is 9.78. The van der Waals surface area contributed by atoms with Crippen LogP contribution in [-0.2, 0) is 20.8 Å². The number of hydrogen-bond donors (Lipinski definition) is 2. The molecule has 0 saturated heterocycles. The molecule has 2 unspecified atom stereocenters. The quantitative estimate of drug-likeness (QED) is 0.244. The van der Waals surface area contributed by atoms with Gasteiger partial charge in [-0.25, -0.2) is 4.98 Å². The largest absolute Gasteiger partial charge is 0.481 e. The number of carbonyl (C=O) groups excluding carboxylic acids is 1. The van der Waals surface area contributed by atoms with E-state index in [4.69, 9.17) is 0 Å². The minimum Gasteiger partial charge on any atom is -0.481 e. The number of imidazole rings is 1. The van der Waals surface area contributed by atoms with Crippen molar-refractivity contribution < 1.29 is 14.7 Å². The Morgan fingerprint density at radius 2 is 1.36 bits per heavy atom. The summed E-state index contributed by atoms with van der Waals surface area (Å²) in [6.45, 7) is 0.421. The number of aromatic nitrogens is 2. The predicted molar refractivity (Wildman–Crippen MR) is 154 cm³/mol. The van der Waals surface area contributed by atoms with Crippen LogP contribution in [0.4, 0.5) is 0 Å². The van der Waals surface area contributed by atoms with Crippen molar-refractivity contribution >= 4 is 23.8 Å². The molecule has 1 amide bonds. The summed E-state index contributed by atoms with van der Waals surface area (Å²) in [5.41, 5.74) is 4.35. The van der Waals surface area contributed by atoms with Gasteiger partial charge in [-0.15, -0.1) is 0 Å². The van der Waals surface area contributed by atoms with Crippen LogP contribution in [-0.4, -0.2) is 32.5 Å². The maximum Gasteiger partial charge on any atom is 0.307 e. The SMILES string of the molecule is O=C(O)C1CCCCC1C(=O)NCCc1cn(SC(c2ccccc2)(c2ccccc2)c2ccccc2)cn1. The first-order valence-electron chi connectivity index (χ1n) is 13.5. The molecule has 4 aromatic rings. The van der Waals surface area contributed by atoms with Gasteiger partial charge in [0.2, 0.25) is 5.91 Å². The van der Waals surface area contributed by atoms with Gasteiger partial charge in [-0.3, -0.25) is 13.6 Å². The van der Waals surface area contributed by atoms with Gasteiger partial charge >= 0.3 is 5.97 Å². The number of carboxylic acid groups (broad SMARTS) is 1. The number of nitrogens with one attached hydrogen (secondary N) is 1. The molecular weight excluding hydrogens is 506 g/mol. The van der Waals surface area contributed by atoms with Gasteiger partial charge in [-0.1, -0.05) is 104 Å². The molecule has 3 aromatic carbocycles. The van der Waals surface area contributed by atoms with Gasteiger partial charge in [0.15, 0.2) is 0 Å². The lowest BCUT2D eigenvalue weighted by Gasteiger charge is -2.35. The Morgan fingerprint density at radius 1 is 0.846 bits per heavy atom. The van der Waals surface area contributed by atoms with Crippen molar-refractivity contribution in [2.24, 2.45) is 11.8 Å². The van der Waals surface area contributed by atoms with Crippen molar-refractivity contribution in [1.29, 1.82) is 0 Å². The van der Waals surface area contributed by atoms with Crippen molar-refractivity contribution in [1.82, 2.24) is 14.3 Å². The molecule has 1 heterocycles. The minimum atomic E-state index is -0.871. The number of rotatable bonds is 10. The monoisotopic (exact) mass is 539 g/mol. The number of aliphatic carboxylic acids is 1. The molecule has 1 aliphatic rings. The Balaban J connectivity index is 1.36. The van der Waals surface area contributed by atoms with Gasteiger partial charge in [-0.2, -0.15) is 0 Å². The van der Waals surface area contributed by atoms with Crippen LogP contribution in [0.25, 0.3) is 0 Å². The average molecular weight is 540 g/mol. The van der Waals surface area contributed by atoms with Gasteiger partial charge in [0.25, 0.3) is 0 Å². The van der Waals surface area contributed by atoms with Crippen molar-refractivity contribution in [2.75, 3.05) is 6.54 Å². The number of nitrogens with zero attached hydrogens (tertiary/aromatic N) is 2. The number of benzene rings is 3. The third-order valence-electron chi connectivity index (χ3n) is 7.50. The molecule has 2 atom stereocenters. The van der Waals surface area contributed by atoms with E-state index in [2.05, 4.69) is 83.1 Å². The topological polar surface area (TPSA) is 84.2 Å². The third kappa shape index (κ3) is 5.93. The summed E-state index contributed by atoms with van der Waals surface area (Å²) in [7, 11) is 0. The van der Waals surface area contributed by atoms with E-state index in [-0.39, 0.29) is 5.91 Å². The molecule has 1 fully saturated rings. The normalized spacial score (nSPS) is 17.4. The highest BCUT2D eigenvalue weighted by molar-refractivity contribution is 7.99. The molecule has 0 aliphatic heterocycles. The fraction of sp³-hybridized carbons (Fsp3) is 0.281. The Bertz CT molecular complexity index is 1280. The summed E-state index contributed by atoms with van der Waals surface area (Å²) in [4.78, 5) is 29.0. The van der Waals surface area contributed by atoms with Crippen LogP contribution in [0.3, 0.4) is 0 Å². The van der Waals surface area contributed by atoms with Crippen molar-refractivity contribution in [3.05, 3.63) is 126 Å². The fourth-order valence-electron chi connectivity index (χ4n) is 5.54. The molecule has 0 bridgehead atoms. The standard InChI is InChI=1S/C32H33N3O3S/c36-30(28-18-10-11-19-29(28)31(37)38)33-21-20-27-22-35(23-34-27)39-32(24-12-4-1-5-13-24,25-14-6-2-7-15-25)26-16-8-3-9-17-26/h1-9,12-17,22-23,28-29H,10-11,18-21H2,(H,33,36)(H,37,38). The molecule has 2 N–H and O–H groups in total. The van der Waals surface area contributed by atoms with E-state index < -0.39 is 22.6 Å². The van der Waals surface area contributed by atoms with E-state index in [9.17, 15) is 14.7 Å². The maximum absolute atomic E-state index is 12.8. The molecule has 1 saturated carbocycles. The second kappa shape index (κ2) is 12.3. The van der Waals surface area contributed by atoms with Gasteiger partial charge in [0.05, 0.1) is 17.5 Å². The lowest BCUT2D eigenvalue weighted by molar-refractivity contribution is -0.148. The van der Waals surface area contributed by atoms with Crippen LogP contribution >= 0.6 is 11.9 Å². The first kappa shape index (κ1) is 26.8. The average Bonchev–Trinajstić information content (AvgIpc) is 3.44. The summed E-state index contributed by atoms with van der Waals surface area (Å²) in [5, 5.41) is 12.5. The molecule has 0 spiro atoms. The van der Waals surface area contributed by atoms with Crippen LogP contribution < -0.4 is 5.32 Å². The zero-order valence-corrected chi connectivity index (χ0v) is 22.6. The van der Waals surface area contributed by atoms with Gasteiger partial charge in [-0.05, 0) is 41.5 Å². The minimum absolute atomic E-state index is 0.160. The van der Waals surface area contributed by atoms with Gasteiger partial charge in [0, 0.05) is 19.2 Å². The molecule has 200 valence electrons. The Kier molecular flexibility index (Phi) is 8.47. The number of carbonyl (C=O) groups is 2. The zero-order chi connectivity index (χ0) is 27.1. The fourth-order valence-corrected chi connectivity index (χ4v) is 6.85. The van der Waals surface area contributed by atoms with E-state index in [1.807, 2.05) is 34.7 Å². The van der Waals surface area contributed by atoms with E-state index in [0.29, 0.717) is 25.8 Å². The number of carboxylic acids is 1. The van der Waals surface area contributed by atoms with E-state index in [1.54, 1.807) is 11.9 Å². The number of hydrogen-bond acceptors (Lipinski definition) is 4. The summed E-state index contributed by atoms with van der Waals surface area (Å²) in [6.07, 6.45) is 7.38. The van der Waals surface area contributed by atoms with E-state index in [0.717, 1.165) is 35.2 Å². The first-order chi connectivity index (χ1) is 19.1. The Morgan fingerprint density at radius 3 is 1.87 bits per heavy atom. The van der Waals surface area contributed by atoms with Crippen LogP contribution in [0.2, 0.25) is 0 Å². The maximum atomic E-state index is 12.8. The second-order valence-electron chi connectivity index (χ2n) is 9.97. The van der Waals surface area contributed by atoms with Crippen LogP contribution in [0.5, 0.6) is 0 Å². The molecule has 5 rings (SSSR count). The summed E-state index contributed by atoms with van der Waals surface area (Å²) in [6, 6.07) is 31.5. The molecule has 6 nitrogen and oxygen atoms in total. The molecule has 1 aromatic heterocycles. The van der Waals surface area contributed by atoms with Crippen molar-refractivity contribution in [3.63, 3.8) is 0 Å². The molecule has 7 heteroatoms. The highest BCUT2D eigenvalue weighted by Gasteiger charge is 2.38. The third-order valence-corrected chi connectivity index (χ3v) is 8.89. The molecule has 0 radical (unpaired) electrons. The van der Waals surface area contributed by atoms with E-state index >= 15 is 0 Å². The van der Waals surface area contributed by atoms with Crippen LogP contribution in [0.15, 0.2) is 104 Å². The summed E-state index contributed by atoms with van der Waals surface area (Å²) in [5.74, 6) is -2.07. The summed E-state index contributed by atoms with van der Waals surface area (Å²) < 4.78 is 1.54. The molecule has 1 aliphatic carbocycles. The smallest absolute Gasteiger partial charge is 0.307 e. The van der Waals surface area contributed by atoms with Crippen molar-refractivity contribution in [2.45, 2.75) is 36.9 Å². The van der Waals surface area contributed by atoms with E-state index in [1.165, 1.54) is 0 Å². The molecule has 39 heavy (non-hydrogen) atoms. The predicted octanol–water partition coefficient (Wildman–Crippen LogP) is 5.92. The van der Waals surface area contributed by atoms with Gasteiger partial charge in [0.1, 0.15) is 11.1 Å². The van der Waals surface area contributed by atoms with Crippen molar-refractivity contribution in [3.8, 4) is 0 Å². The first-order valence-corrected chi connectivity index (χ1v) is 14.2. The number of amides is 1. The molecular formula is C32H33N3O3S. The summed E-state index contributed by atoms with van der Waals surface area (Å²) >= 11 is 1.68. The zero-order valence-electron chi connectivity index (χ0n) is 21.8. The lowest BCUT2D eigenvalue weighted by Crippen LogP contribution is -2.40. The Hall–Kier alpha value is -3.84. The van der Waals surface area contributed by atoms with Crippen LogP contribution in [0.1, 0.15) is 48.1 Å².